The van der Waals surface area contributed by atoms with Crippen LogP contribution in [0.2, 0.25) is 0 Å². The number of ether oxygens (including phenoxy) is 2. The maximum atomic E-state index is 12.4. The van der Waals surface area contributed by atoms with E-state index in [-0.39, 0.29) is 18.1 Å². The van der Waals surface area contributed by atoms with Gasteiger partial charge in [0.25, 0.3) is 0 Å². The molecular formula is C16H19NO5. The van der Waals surface area contributed by atoms with E-state index in [2.05, 4.69) is 5.32 Å². The molecule has 2 N–H and O–H groups in total. The van der Waals surface area contributed by atoms with Crippen molar-refractivity contribution in [3.63, 3.8) is 0 Å². The number of hydrogen-bond donors (Lipinski definition) is 2. The van der Waals surface area contributed by atoms with Gasteiger partial charge in [-0.2, -0.15) is 0 Å². The molecule has 2 fully saturated rings. The van der Waals surface area contributed by atoms with Crippen LogP contribution in [0, 0.1) is 11.8 Å². The van der Waals surface area contributed by atoms with E-state index in [1.54, 1.807) is 7.11 Å². The van der Waals surface area contributed by atoms with Crippen LogP contribution in [-0.2, 0) is 20.9 Å². The van der Waals surface area contributed by atoms with Crippen molar-refractivity contribution in [3.05, 3.63) is 29.8 Å². The van der Waals surface area contributed by atoms with E-state index in [1.165, 1.54) is 0 Å². The van der Waals surface area contributed by atoms with Gasteiger partial charge in [0.1, 0.15) is 5.75 Å². The first-order valence-corrected chi connectivity index (χ1v) is 7.39. The first-order valence-electron chi connectivity index (χ1n) is 7.39. The van der Waals surface area contributed by atoms with Gasteiger partial charge < -0.3 is 19.9 Å². The lowest BCUT2D eigenvalue weighted by atomic mass is 9.78. The Morgan fingerprint density at radius 3 is 2.45 bits per heavy atom. The highest BCUT2D eigenvalue weighted by Gasteiger charge is 2.55. The lowest BCUT2D eigenvalue weighted by molar-refractivity contribution is -0.147. The Morgan fingerprint density at radius 1 is 1.23 bits per heavy atom. The third-order valence-electron chi connectivity index (χ3n) is 4.49. The molecule has 118 valence electrons. The second-order valence-corrected chi connectivity index (χ2v) is 5.75. The van der Waals surface area contributed by atoms with Gasteiger partial charge in [0, 0.05) is 6.54 Å². The maximum Gasteiger partial charge on any atom is 0.310 e. The zero-order valence-electron chi connectivity index (χ0n) is 12.3. The molecule has 1 aromatic rings. The number of rotatable bonds is 5. The quantitative estimate of drug-likeness (QED) is 0.853. The molecule has 0 radical (unpaired) electrons. The lowest BCUT2D eigenvalue weighted by Gasteiger charge is -2.23. The summed E-state index contributed by atoms with van der Waals surface area (Å²) >= 11 is 0. The average molecular weight is 305 g/mol. The van der Waals surface area contributed by atoms with Gasteiger partial charge in [0.05, 0.1) is 31.2 Å². The summed E-state index contributed by atoms with van der Waals surface area (Å²) in [4.78, 5) is 23.7. The molecule has 1 aromatic carbocycles. The summed E-state index contributed by atoms with van der Waals surface area (Å²) in [7, 11) is 1.60. The Morgan fingerprint density at radius 2 is 1.86 bits per heavy atom. The summed E-state index contributed by atoms with van der Waals surface area (Å²) in [6.45, 7) is 0.364. The normalized spacial score (nSPS) is 29.3. The molecule has 4 atom stereocenters. The number of carbonyl (C=O) groups is 2. The number of methoxy groups -OCH3 is 1. The smallest absolute Gasteiger partial charge is 0.310 e. The average Bonchev–Trinajstić information content (AvgIpc) is 3.14. The molecule has 0 unspecified atom stereocenters. The van der Waals surface area contributed by atoms with Gasteiger partial charge in [-0.05, 0) is 30.5 Å². The number of fused-ring (bicyclic) bond motifs is 2. The van der Waals surface area contributed by atoms with E-state index in [1.807, 2.05) is 24.3 Å². The van der Waals surface area contributed by atoms with E-state index < -0.39 is 17.8 Å². The fraction of sp³-hybridized carbons (Fsp3) is 0.500. The molecule has 6 heteroatoms. The molecule has 2 aliphatic rings. The van der Waals surface area contributed by atoms with Crippen LogP contribution >= 0.6 is 0 Å². The number of hydrogen-bond acceptors (Lipinski definition) is 4. The predicted octanol–water partition coefficient (Wildman–Crippen LogP) is 1.19. The summed E-state index contributed by atoms with van der Waals surface area (Å²) in [5.74, 6) is -1.75. The maximum absolute atomic E-state index is 12.4. The Kier molecular flexibility index (Phi) is 4.02. The minimum Gasteiger partial charge on any atom is -0.497 e. The zero-order chi connectivity index (χ0) is 15.7. The van der Waals surface area contributed by atoms with Gasteiger partial charge in [0.2, 0.25) is 5.91 Å². The molecule has 0 aromatic heterocycles. The fourth-order valence-corrected chi connectivity index (χ4v) is 3.38. The van der Waals surface area contributed by atoms with Crippen molar-refractivity contribution in [3.8, 4) is 5.75 Å². The van der Waals surface area contributed by atoms with E-state index in [4.69, 9.17) is 9.47 Å². The van der Waals surface area contributed by atoms with Crippen LogP contribution in [0.3, 0.4) is 0 Å². The predicted molar refractivity (Wildman–Crippen MR) is 77.4 cm³/mol. The summed E-state index contributed by atoms with van der Waals surface area (Å²) in [5.41, 5.74) is 0.935. The summed E-state index contributed by atoms with van der Waals surface area (Å²) in [6.07, 6.45) is 0.903. The Labute approximate surface area is 128 Å². The van der Waals surface area contributed by atoms with Gasteiger partial charge in [-0.3, -0.25) is 9.59 Å². The largest absolute Gasteiger partial charge is 0.497 e. The third-order valence-corrected chi connectivity index (χ3v) is 4.49. The molecule has 2 heterocycles. The Balaban J connectivity index is 1.62. The highest BCUT2D eigenvalue weighted by Crippen LogP contribution is 2.43. The number of carboxylic acid groups (broad SMARTS) is 1. The first kappa shape index (κ1) is 14.8. The number of nitrogens with one attached hydrogen (secondary N) is 1. The summed E-state index contributed by atoms with van der Waals surface area (Å²) in [6, 6.07) is 7.38. The monoisotopic (exact) mass is 305 g/mol. The molecular weight excluding hydrogens is 286 g/mol. The summed E-state index contributed by atoms with van der Waals surface area (Å²) in [5, 5.41) is 12.1. The van der Waals surface area contributed by atoms with Crippen molar-refractivity contribution in [1.29, 1.82) is 0 Å². The van der Waals surface area contributed by atoms with Crippen LogP contribution in [0.5, 0.6) is 5.75 Å². The fourth-order valence-electron chi connectivity index (χ4n) is 3.38. The van der Waals surface area contributed by atoms with Crippen LogP contribution in [-0.4, -0.2) is 36.3 Å². The van der Waals surface area contributed by atoms with E-state index in [0.29, 0.717) is 6.54 Å². The molecule has 2 saturated heterocycles. The van der Waals surface area contributed by atoms with Gasteiger partial charge in [-0.25, -0.2) is 0 Å². The topological polar surface area (TPSA) is 84.9 Å². The molecule has 0 saturated carbocycles. The van der Waals surface area contributed by atoms with Crippen molar-refractivity contribution >= 4 is 11.9 Å². The molecule has 6 nitrogen and oxygen atoms in total. The molecule has 0 spiro atoms. The van der Waals surface area contributed by atoms with Crippen LogP contribution < -0.4 is 10.1 Å². The molecule has 22 heavy (non-hydrogen) atoms. The standard InChI is InChI=1S/C16H19NO5/c1-21-10-4-2-9(3-5-10)8-17-15(18)13-11-6-7-12(22-11)14(13)16(19)20/h2-5,11-14H,6-8H2,1H3,(H,17,18)(H,19,20)/t11-,12-,13+,14-/m1/s1. The molecule has 2 bridgehead atoms. The van der Waals surface area contributed by atoms with Gasteiger partial charge in [-0.1, -0.05) is 12.1 Å². The molecule has 2 aliphatic heterocycles. The number of carboxylic acids is 1. The highest BCUT2D eigenvalue weighted by molar-refractivity contribution is 5.86. The molecule has 3 rings (SSSR count). The zero-order valence-corrected chi connectivity index (χ0v) is 12.3. The van der Waals surface area contributed by atoms with Crippen molar-refractivity contribution in [1.82, 2.24) is 5.32 Å². The van der Waals surface area contributed by atoms with Gasteiger partial charge >= 0.3 is 5.97 Å². The van der Waals surface area contributed by atoms with Crippen LogP contribution in [0.4, 0.5) is 0 Å². The number of aliphatic carboxylic acids is 1. The van der Waals surface area contributed by atoms with Crippen LogP contribution in [0.15, 0.2) is 24.3 Å². The minimum absolute atomic E-state index is 0.240. The van der Waals surface area contributed by atoms with Crippen molar-refractivity contribution in [2.45, 2.75) is 31.6 Å². The SMILES string of the molecule is COc1ccc(CNC(=O)[C@@H]2[C@H](C(=O)O)[C@H]3CC[C@H]2O3)cc1. The molecule has 0 aliphatic carbocycles. The van der Waals surface area contributed by atoms with E-state index in [9.17, 15) is 14.7 Å². The second-order valence-electron chi connectivity index (χ2n) is 5.75. The van der Waals surface area contributed by atoms with Crippen molar-refractivity contribution in [2.24, 2.45) is 11.8 Å². The number of benzene rings is 1. The number of carbonyl (C=O) groups excluding carboxylic acids is 1. The van der Waals surface area contributed by atoms with Gasteiger partial charge in [-0.15, -0.1) is 0 Å². The van der Waals surface area contributed by atoms with Crippen molar-refractivity contribution < 1.29 is 24.2 Å². The van der Waals surface area contributed by atoms with Crippen LogP contribution in [0.1, 0.15) is 18.4 Å². The summed E-state index contributed by atoms with van der Waals surface area (Å²) < 4.78 is 10.7. The highest BCUT2D eigenvalue weighted by atomic mass is 16.5. The second kappa shape index (κ2) is 5.96. The minimum atomic E-state index is -0.947. The van der Waals surface area contributed by atoms with Crippen molar-refractivity contribution in [2.75, 3.05) is 7.11 Å². The Bertz CT molecular complexity index is 570. The van der Waals surface area contributed by atoms with E-state index in [0.717, 1.165) is 24.2 Å². The molecule has 1 amide bonds. The lowest BCUT2D eigenvalue weighted by Crippen LogP contribution is -2.43. The first-order chi connectivity index (χ1) is 10.6. The van der Waals surface area contributed by atoms with Gasteiger partial charge in [0.15, 0.2) is 0 Å². The van der Waals surface area contributed by atoms with Crippen LogP contribution in [0.25, 0.3) is 0 Å². The Hall–Kier alpha value is -2.08. The third kappa shape index (κ3) is 2.66. The number of amides is 1. The van der Waals surface area contributed by atoms with E-state index >= 15 is 0 Å².